The van der Waals surface area contributed by atoms with E-state index in [-0.39, 0.29) is 5.75 Å². The molecule has 220 valence electrons. The van der Waals surface area contributed by atoms with Crippen LogP contribution in [0, 0.1) is 5.92 Å². The summed E-state index contributed by atoms with van der Waals surface area (Å²) in [6.45, 7) is -0.413. The smallest absolute Gasteiger partial charge is 0.418 e. The van der Waals surface area contributed by atoms with Crippen molar-refractivity contribution in [1.82, 2.24) is 4.98 Å². The molecule has 0 saturated carbocycles. The molecule has 3 heterocycles. The Bertz CT molecular complexity index is 1810. The molecule has 0 spiro atoms. The second-order valence-corrected chi connectivity index (χ2v) is 12.3. The van der Waals surface area contributed by atoms with Gasteiger partial charge in [-0.15, -0.1) is 0 Å². The summed E-state index contributed by atoms with van der Waals surface area (Å²) in [4.78, 5) is 56.0. The number of para-hydroxylation sites is 2. The molecule has 3 amide bonds. The van der Waals surface area contributed by atoms with Crippen LogP contribution in [-0.2, 0) is 20.6 Å². The normalized spacial score (nSPS) is 19.6. The number of amides is 3. The Morgan fingerprint density at radius 1 is 0.977 bits per heavy atom. The van der Waals surface area contributed by atoms with Crippen LogP contribution in [0.25, 0.3) is 0 Å². The number of H-pyrrole nitrogens is 1. The van der Waals surface area contributed by atoms with E-state index in [1.807, 2.05) is 0 Å². The summed E-state index contributed by atoms with van der Waals surface area (Å²) < 4.78 is 47.5. The lowest BCUT2D eigenvalue weighted by Gasteiger charge is -2.30. The van der Waals surface area contributed by atoms with Crippen molar-refractivity contribution in [3.8, 4) is 5.75 Å². The molecule has 0 bridgehead atoms. The number of thioether (sulfide) groups is 1. The first-order chi connectivity index (χ1) is 20.5. The van der Waals surface area contributed by atoms with Gasteiger partial charge in [0.05, 0.1) is 22.2 Å². The van der Waals surface area contributed by atoms with Crippen LogP contribution in [0.2, 0.25) is 5.02 Å². The number of anilines is 2. The molecule has 14 heteroatoms. The van der Waals surface area contributed by atoms with Crippen LogP contribution in [0.3, 0.4) is 0 Å². The maximum absolute atomic E-state index is 14.0. The number of alkyl halides is 3. The summed E-state index contributed by atoms with van der Waals surface area (Å²) >= 11 is 7.68. The van der Waals surface area contributed by atoms with Crippen LogP contribution in [0.5, 0.6) is 5.75 Å². The fourth-order valence-corrected chi connectivity index (χ4v) is 7.87. The molecule has 3 atom stereocenters. The van der Waals surface area contributed by atoms with Gasteiger partial charge in [0.1, 0.15) is 11.0 Å². The van der Waals surface area contributed by atoms with E-state index >= 15 is 0 Å². The SMILES string of the molecule is O=C(COc1ccccc1[C@H]1c2sc(=O)[nH]c2SC2C(=O)N(c3ccccc3C(F)(F)F)C(=O)C21)Nc1ccc(Cl)cc1. The van der Waals surface area contributed by atoms with Crippen molar-refractivity contribution in [2.24, 2.45) is 5.92 Å². The van der Waals surface area contributed by atoms with E-state index in [0.717, 1.165) is 35.2 Å². The topological polar surface area (TPSA) is 109 Å². The van der Waals surface area contributed by atoms with Crippen molar-refractivity contribution in [2.75, 3.05) is 16.8 Å². The van der Waals surface area contributed by atoms with Gasteiger partial charge in [-0.2, -0.15) is 13.2 Å². The number of thiazole rings is 1. The van der Waals surface area contributed by atoms with E-state index in [1.165, 1.54) is 12.1 Å². The molecule has 43 heavy (non-hydrogen) atoms. The molecular formula is C29H19ClF3N3O5S2. The molecule has 2 unspecified atom stereocenters. The number of ether oxygens (including phenoxy) is 1. The molecule has 1 aromatic heterocycles. The predicted octanol–water partition coefficient (Wildman–Crippen LogP) is 5.92. The van der Waals surface area contributed by atoms with E-state index in [4.69, 9.17) is 16.3 Å². The molecule has 4 aromatic rings. The zero-order valence-electron chi connectivity index (χ0n) is 21.7. The van der Waals surface area contributed by atoms with Crippen molar-refractivity contribution < 1.29 is 32.3 Å². The van der Waals surface area contributed by atoms with E-state index in [9.17, 15) is 32.3 Å². The number of aromatic nitrogens is 1. The minimum Gasteiger partial charge on any atom is -0.483 e. The van der Waals surface area contributed by atoms with Crippen LogP contribution in [0.1, 0.15) is 21.9 Å². The third-order valence-electron chi connectivity index (χ3n) is 7.02. The number of carbonyl (C=O) groups is 3. The maximum atomic E-state index is 14.0. The maximum Gasteiger partial charge on any atom is 0.418 e. The van der Waals surface area contributed by atoms with Crippen molar-refractivity contribution in [3.63, 3.8) is 0 Å². The summed E-state index contributed by atoms with van der Waals surface area (Å²) in [6.07, 6.45) is -4.81. The van der Waals surface area contributed by atoms with Gasteiger partial charge < -0.3 is 15.0 Å². The summed E-state index contributed by atoms with van der Waals surface area (Å²) in [6, 6.07) is 17.4. The number of carbonyl (C=O) groups excluding carboxylic acids is 3. The fourth-order valence-electron chi connectivity index (χ4n) is 5.24. The quantitative estimate of drug-likeness (QED) is 0.252. The number of aromatic amines is 1. The first-order valence-corrected chi connectivity index (χ1v) is 14.8. The Balaban J connectivity index is 1.36. The molecule has 0 aliphatic carbocycles. The summed E-state index contributed by atoms with van der Waals surface area (Å²) in [5.41, 5.74) is -0.773. The Hall–Kier alpha value is -4.07. The van der Waals surface area contributed by atoms with Crippen LogP contribution in [0.4, 0.5) is 24.5 Å². The molecule has 1 saturated heterocycles. The number of fused-ring (bicyclic) bond motifs is 2. The minimum absolute atomic E-state index is 0.214. The summed E-state index contributed by atoms with van der Waals surface area (Å²) in [5.74, 6) is -3.98. The molecule has 1 fully saturated rings. The van der Waals surface area contributed by atoms with Gasteiger partial charge in [-0.25, -0.2) is 4.90 Å². The molecule has 0 radical (unpaired) electrons. The van der Waals surface area contributed by atoms with Gasteiger partial charge in [0.15, 0.2) is 6.61 Å². The number of imide groups is 1. The fraction of sp³-hybridized carbons (Fsp3) is 0.172. The number of halogens is 4. The Morgan fingerprint density at radius 2 is 1.67 bits per heavy atom. The highest BCUT2D eigenvalue weighted by Gasteiger charge is 2.57. The third-order valence-corrected chi connectivity index (χ3v) is 9.67. The van der Waals surface area contributed by atoms with Gasteiger partial charge in [0.25, 0.3) is 5.91 Å². The van der Waals surface area contributed by atoms with Crippen LogP contribution in [0.15, 0.2) is 82.6 Å². The highest BCUT2D eigenvalue weighted by Crippen LogP contribution is 2.55. The number of benzene rings is 3. The predicted molar refractivity (Wildman–Crippen MR) is 156 cm³/mol. The molecule has 3 aromatic carbocycles. The standard InChI is InChI=1S/C29H19ClF3N3O5S2/c30-14-9-11-15(12-10-14)34-20(37)13-41-19-8-4-1-5-16(19)21-22-24(42-25-23(21)43-28(40)35-25)27(39)36(26(22)38)18-7-3-2-6-17(18)29(31,32)33/h1-12,21-22,24H,13H2,(H,34,37)(H,35,40)/t21-,22?,24?/m1/s1. The second kappa shape index (κ2) is 11.2. The lowest BCUT2D eigenvalue weighted by atomic mass is 9.82. The molecule has 2 aliphatic rings. The monoisotopic (exact) mass is 645 g/mol. The van der Waals surface area contributed by atoms with Crippen molar-refractivity contribution >= 4 is 63.8 Å². The van der Waals surface area contributed by atoms with Crippen molar-refractivity contribution in [1.29, 1.82) is 0 Å². The third kappa shape index (κ3) is 5.43. The van der Waals surface area contributed by atoms with Crippen LogP contribution in [-0.4, -0.2) is 34.6 Å². The Morgan fingerprint density at radius 3 is 2.42 bits per heavy atom. The van der Waals surface area contributed by atoms with Gasteiger partial charge in [-0.3, -0.25) is 19.2 Å². The summed E-state index contributed by atoms with van der Waals surface area (Å²) in [7, 11) is 0. The van der Waals surface area contributed by atoms with Gasteiger partial charge in [-0.05, 0) is 42.5 Å². The molecule has 2 N–H and O–H groups in total. The number of rotatable bonds is 6. The lowest BCUT2D eigenvalue weighted by Crippen LogP contribution is -2.33. The summed E-state index contributed by atoms with van der Waals surface area (Å²) in [5, 5.41) is 2.42. The minimum atomic E-state index is -4.81. The highest BCUT2D eigenvalue weighted by atomic mass is 35.5. The van der Waals surface area contributed by atoms with Crippen LogP contribution >= 0.6 is 34.7 Å². The molecular weight excluding hydrogens is 627 g/mol. The van der Waals surface area contributed by atoms with Gasteiger partial charge in [0.2, 0.25) is 11.8 Å². The molecule has 6 rings (SSSR count). The number of hydrogen-bond donors (Lipinski definition) is 2. The zero-order valence-corrected chi connectivity index (χ0v) is 24.1. The van der Waals surface area contributed by atoms with E-state index in [1.54, 1.807) is 48.5 Å². The van der Waals surface area contributed by atoms with E-state index in [0.29, 0.717) is 31.1 Å². The highest BCUT2D eigenvalue weighted by molar-refractivity contribution is 8.00. The van der Waals surface area contributed by atoms with Crippen molar-refractivity contribution in [3.05, 3.63) is 103 Å². The average molecular weight is 646 g/mol. The Kier molecular flexibility index (Phi) is 7.57. The largest absolute Gasteiger partial charge is 0.483 e. The average Bonchev–Trinajstić information content (AvgIpc) is 3.47. The number of nitrogens with zero attached hydrogens (tertiary/aromatic N) is 1. The van der Waals surface area contributed by atoms with E-state index in [2.05, 4.69) is 10.3 Å². The van der Waals surface area contributed by atoms with Gasteiger partial charge >= 0.3 is 11.0 Å². The number of hydrogen-bond acceptors (Lipinski definition) is 7. The first-order valence-electron chi connectivity index (χ1n) is 12.7. The molecule has 8 nitrogen and oxygen atoms in total. The van der Waals surface area contributed by atoms with Crippen LogP contribution < -0.4 is 19.8 Å². The molecule has 2 aliphatic heterocycles. The Labute approximate surface area is 254 Å². The second-order valence-electron chi connectivity index (χ2n) is 9.66. The lowest BCUT2D eigenvalue weighted by molar-refractivity contribution is -0.137. The van der Waals surface area contributed by atoms with Gasteiger partial charge in [0, 0.05) is 27.1 Å². The number of nitrogens with one attached hydrogen (secondary N) is 2. The van der Waals surface area contributed by atoms with E-state index < -0.39 is 63.7 Å². The van der Waals surface area contributed by atoms with Gasteiger partial charge in [-0.1, -0.05) is 65.0 Å². The van der Waals surface area contributed by atoms with Crippen molar-refractivity contribution in [2.45, 2.75) is 22.4 Å². The zero-order chi connectivity index (χ0) is 30.5. The first kappa shape index (κ1) is 29.0.